The monoisotopic (exact) mass is 312 g/mol. The SMILES string of the molecule is CCCC[C@@H](C)[C@H](/C=C/CO[Si](C)(C)C(C)(C)C)C(C)C. The van der Waals surface area contributed by atoms with Gasteiger partial charge in [-0.3, -0.25) is 0 Å². The van der Waals surface area contributed by atoms with Gasteiger partial charge in [0.1, 0.15) is 0 Å². The molecule has 0 bridgehead atoms. The molecule has 0 amide bonds. The summed E-state index contributed by atoms with van der Waals surface area (Å²) in [5, 5.41) is 0.298. The quantitative estimate of drug-likeness (QED) is 0.341. The Kier molecular flexibility index (Phi) is 9.11. The first-order valence-corrected chi connectivity index (χ1v) is 11.7. The molecule has 0 aliphatic carbocycles. The van der Waals surface area contributed by atoms with Crippen LogP contribution in [-0.2, 0) is 4.43 Å². The minimum absolute atomic E-state index is 0.298. The van der Waals surface area contributed by atoms with Crippen LogP contribution < -0.4 is 0 Å². The highest BCUT2D eigenvalue weighted by Crippen LogP contribution is 2.36. The average molecular weight is 313 g/mol. The van der Waals surface area contributed by atoms with E-state index in [1.54, 1.807) is 0 Å². The molecule has 2 atom stereocenters. The van der Waals surface area contributed by atoms with Gasteiger partial charge in [0, 0.05) is 0 Å². The van der Waals surface area contributed by atoms with Crippen LogP contribution in [-0.4, -0.2) is 14.9 Å². The third kappa shape index (κ3) is 7.65. The van der Waals surface area contributed by atoms with Crippen molar-refractivity contribution >= 4 is 8.32 Å². The maximum Gasteiger partial charge on any atom is 0.192 e. The van der Waals surface area contributed by atoms with Crippen LogP contribution in [0.25, 0.3) is 0 Å². The molecule has 0 aromatic carbocycles. The predicted octanol–water partition coefficient (Wildman–Crippen LogP) is 6.66. The molecule has 0 aliphatic heterocycles. The summed E-state index contributed by atoms with van der Waals surface area (Å²) in [6, 6.07) is 0. The molecule has 0 aromatic rings. The van der Waals surface area contributed by atoms with E-state index in [9.17, 15) is 0 Å². The summed E-state index contributed by atoms with van der Waals surface area (Å²) in [6.07, 6.45) is 8.67. The molecule has 126 valence electrons. The molecule has 0 unspecified atom stereocenters. The highest BCUT2D eigenvalue weighted by Gasteiger charge is 2.36. The number of hydrogen-bond donors (Lipinski definition) is 0. The second kappa shape index (κ2) is 9.15. The van der Waals surface area contributed by atoms with Crippen LogP contribution in [0.2, 0.25) is 18.1 Å². The van der Waals surface area contributed by atoms with Gasteiger partial charge in [0.15, 0.2) is 8.32 Å². The Morgan fingerprint density at radius 2 is 1.67 bits per heavy atom. The van der Waals surface area contributed by atoms with Crippen LogP contribution in [0.1, 0.15) is 67.7 Å². The molecule has 0 saturated carbocycles. The molecule has 2 heteroatoms. The van der Waals surface area contributed by atoms with Gasteiger partial charge in [0.25, 0.3) is 0 Å². The van der Waals surface area contributed by atoms with E-state index in [4.69, 9.17) is 4.43 Å². The third-order valence-corrected chi connectivity index (χ3v) is 9.65. The summed E-state index contributed by atoms with van der Waals surface area (Å²) < 4.78 is 6.24. The van der Waals surface area contributed by atoms with Crippen LogP contribution in [0.5, 0.6) is 0 Å². The first kappa shape index (κ1) is 20.9. The second-order valence-electron chi connectivity index (χ2n) is 8.44. The fraction of sp³-hybridized carbons (Fsp3) is 0.895. The molecule has 0 aromatic heterocycles. The molecule has 0 radical (unpaired) electrons. The lowest BCUT2D eigenvalue weighted by molar-refractivity contribution is 0.303. The molecule has 0 aliphatic rings. The Labute approximate surface area is 135 Å². The molecule has 0 heterocycles. The Morgan fingerprint density at radius 3 is 2.10 bits per heavy atom. The van der Waals surface area contributed by atoms with Crippen LogP contribution in [0.3, 0.4) is 0 Å². The Hall–Kier alpha value is -0.0831. The van der Waals surface area contributed by atoms with Crippen LogP contribution in [0.4, 0.5) is 0 Å². The summed E-state index contributed by atoms with van der Waals surface area (Å²) in [6.45, 7) is 21.7. The fourth-order valence-electron chi connectivity index (χ4n) is 2.47. The molecule has 0 rings (SSSR count). The lowest BCUT2D eigenvalue weighted by atomic mass is 9.81. The highest BCUT2D eigenvalue weighted by molar-refractivity contribution is 6.74. The molecule has 21 heavy (non-hydrogen) atoms. The molecule has 0 saturated heterocycles. The van der Waals surface area contributed by atoms with E-state index in [-0.39, 0.29) is 0 Å². The summed E-state index contributed by atoms with van der Waals surface area (Å²) in [4.78, 5) is 0. The van der Waals surface area contributed by atoms with Crippen molar-refractivity contribution in [1.29, 1.82) is 0 Å². The maximum absolute atomic E-state index is 6.24. The first-order chi connectivity index (χ1) is 9.53. The normalized spacial score (nSPS) is 16.7. The van der Waals surface area contributed by atoms with Gasteiger partial charge < -0.3 is 4.43 Å². The van der Waals surface area contributed by atoms with Crippen LogP contribution in [0.15, 0.2) is 12.2 Å². The smallest absolute Gasteiger partial charge is 0.192 e. The van der Waals surface area contributed by atoms with Gasteiger partial charge in [-0.15, -0.1) is 0 Å². The van der Waals surface area contributed by atoms with Crippen molar-refractivity contribution in [1.82, 2.24) is 0 Å². The van der Waals surface area contributed by atoms with E-state index in [1.807, 2.05) is 0 Å². The van der Waals surface area contributed by atoms with Crippen molar-refractivity contribution in [3.63, 3.8) is 0 Å². The fourth-order valence-corrected chi connectivity index (χ4v) is 3.42. The zero-order valence-corrected chi connectivity index (χ0v) is 17.1. The summed E-state index contributed by atoms with van der Waals surface area (Å²) in [5.74, 6) is 2.16. The van der Waals surface area contributed by atoms with Gasteiger partial charge in [-0.2, -0.15) is 0 Å². The Bertz CT molecular complexity index is 299. The topological polar surface area (TPSA) is 9.23 Å². The van der Waals surface area contributed by atoms with Crippen LogP contribution in [0, 0.1) is 17.8 Å². The van der Waals surface area contributed by atoms with E-state index in [1.165, 1.54) is 19.3 Å². The van der Waals surface area contributed by atoms with Gasteiger partial charge in [-0.1, -0.05) is 79.9 Å². The minimum atomic E-state index is -1.60. The highest BCUT2D eigenvalue weighted by atomic mass is 28.4. The molecule has 0 spiro atoms. The average Bonchev–Trinajstić information content (AvgIpc) is 2.33. The van der Waals surface area contributed by atoms with E-state index in [0.717, 1.165) is 12.5 Å². The third-order valence-electron chi connectivity index (χ3n) is 5.14. The van der Waals surface area contributed by atoms with E-state index in [2.05, 4.69) is 73.7 Å². The van der Waals surface area contributed by atoms with Crippen molar-refractivity contribution < 1.29 is 4.43 Å². The maximum atomic E-state index is 6.24. The van der Waals surface area contributed by atoms with E-state index >= 15 is 0 Å². The van der Waals surface area contributed by atoms with Gasteiger partial charge in [0.2, 0.25) is 0 Å². The van der Waals surface area contributed by atoms with E-state index in [0.29, 0.717) is 16.9 Å². The molecular formula is C19H40OSi. The van der Waals surface area contributed by atoms with Gasteiger partial charge in [-0.25, -0.2) is 0 Å². The predicted molar refractivity (Wildman–Crippen MR) is 99.3 cm³/mol. The zero-order valence-electron chi connectivity index (χ0n) is 16.1. The van der Waals surface area contributed by atoms with Gasteiger partial charge in [0.05, 0.1) is 6.61 Å². The first-order valence-electron chi connectivity index (χ1n) is 8.83. The summed E-state index contributed by atoms with van der Waals surface area (Å²) in [7, 11) is -1.60. The van der Waals surface area contributed by atoms with E-state index < -0.39 is 8.32 Å². The van der Waals surface area contributed by atoms with Crippen molar-refractivity contribution in [2.75, 3.05) is 6.61 Å². The zero-order chi connectivity index (χ0) is 16.7. The standard InChI is InChI=1S/C19H40OSi/c1-10-11-13-17(4)18(16(2)3)14-12-15-20-21(8,9)19(5,6)7/h12,14,16-18H,10-11,13,15H2,1-9H3/b14-12+/t17-,18-/m1/s1. The largest absolute Gasteiger partial charge is 0.413 e. The van der Waals surface area contributed by atoms with Gasteiger partial charge in [-0.05, 0) is 35.9 Å². The van der Waals surface area contributed by atoms with Crippen molar-refractivity contribution in [2.24, 2.45) is 17.8 Å². The molecular weight excluding hydrogens is 272 g/mol. The molecule has 1 nitrogen and oxygen atoms in total. The molecule has 0 fully saturated rings. The van der Waals surface area contributed by atoms with Crippen molar-refractivity contribution in [2.45, 2.75) is 85.9 Å². The van der Waals surface area contributed by atoms with Crippen LogP contribution >= 0.6 is 0 Å². The Morgan fingerprint density at radius 1 is 1.10 bits per heavy atom. The Balaban J connectivity index is 4.47. The van der Waals surface area contributed by atoms with Crippen molar-refractivity contribution in [3.8, 4) is 0 Å². The number of hydrogen-bond acceptors (Lipinski definition) is 1. The number of rotatable bonds is 9. The molecule has 0 N–H and O–H groups in total. The summed E-state index contributed by atoms with van der Waals surface area (Å²) in [5.41, 5.74) is 0. The lowest BCUT2D eigenvalue weighted by Gasteiger charge is -2.35. The van der Waals surface area contributed by atoms with Crippen molar-refractivity contribution in [3.05, 3.63) is 12.2 Å². The lowest BCUT2D eigenvalue weighted by Crippen LogP contribution is -2.40. The number of allylic oxidation sites excluding steroid dienone is 1. The summed E-state index contributed by atoms with van der Waals surface area (Å²) >= 11 is 0. The van der Waals surface area contributed by atoms with Gasteiger partial charge >= 0.3 is 0 Å². The number of unbranched alkanes of at least 4 members (excludes halogenated alkanes) is 1. The minimum Gasteiger partial charge on any atom is -0.413 e. The second-order valence-corrected chi connectivity index (χ2v) is 13.2.